The Morgan fingerprint density at radius 3 is 2.69 bits per heavy atom. The lowest BCUT2D eigenvalue weighted by Crippen LogP contribution is -2.21. The Morgan fingerprint density at radius 1 is 1.21 bits per heavy atom. The number of rotatable bonds is 6. The van der Waals surface area contributed by atoms with E-state index >= 15 is 0 Å². The second-order valence-corrected chi connectivity index (χ2v) is 7.32. The smallest absolute Gasteiger partial charge is 0.308 e. The molecule has 0 saturated heterocycles. The molecule has 0 bridgehead atoms. The molecule has 152 valence electrons. The lowest BCUT2D eigenvalue weighted by Gasteiger charge is -2.07. The second-order valence-electron chi connectivity index (χ2n) is 7.32. The van der Waals surface area contributed by atoms with Crippen LogP contribution in [0.15, 0.2) is 42.6 Å². The van der Waals surface area contributed by atoms with Gasteiger partial charge in [0.15, 0.2) is 11.5 Å². The molecule has 0 unspecified atom stereocenters. The van der Waals surface area contributed by atoms with Crippen molar-refractivity contribution in [3.63, 3.8) is 0 Å². The number of carbonyl (C=O) groups is 1. The Bertz CT molecular complexity index is 1030. The average molecular weight is 403 g/mol. The molecule has 4 rings (SSSR count). The first-order chi connectivity index (χ1) is 13.8. The van der Waals surface area contributed by atoms with Crippen molar-refractivity contribution in [3.05, 3.63) is 65.1 Å². The molecule has 0 radical (unpaired) electrons. The number of carbonyl (C=O) groups excluding carboxylic acids is 1. The third kappa shape index (κ3) is 4.67. The van der Waals surface area contributed by atoms with Gasteiger partial charge in [-0.25, -0.2) is 0 Å². The number of hydrogen-bond donors (Lipinski definition) is 1. The summed E-state index contributed by atoms with van der Waals surface area (Å²) in [6.07, 6.45) is -1.16. The highest BCUT2D eigenvalue weighted by molar-refractivity contribution is 5.89. The van der Waals surface area contributed by atoms with Crippen LogP contribution in [-0.4, -0.2) is 25.5 Å². The maximum atomic E-state index is 13.0. The van der Waals surface area contributed by atoms with Gasteiger partial charge in [-0.15, -0.1) is 0 Å². The van der Waals surface area contributed by atoms with Crippen LogP contribution in [0.3, 0.4) is 0 Å². The first-order valence-electron chi connectivity index (χ1n) is 9.32. The molecule has 0 spiro atoms. The van der Waals surface area contributed by atoms with Crippen LogP contribution in [0.2, 0.25) is 0 Å². The van der Waals surface area contributed by atoms with Gasteiger partial charge in [-0.1, -0.05) is 29.8 Å². The lowest BCUT2D eigenvalue weighted by molar-refractivity contribution is -0.141. The molecule has 1 aliphatic carbocycles. The highest BCUT2D eigenvalue weighted by Crippen LogP contribution is 2.42. The van der Waals surface area contributed by atoms with E-state index in [1.165, 1.54) is 0 Å². The van der Waals surface area contributed by atoms with Gasteiger partial charge >= 0.3 is 6.18 Å². The van der Waals surface area contributed by atoms with E-state index < -0.39 is 17.8 Å². The van der Waals surface area contributed by atoms with E-state index in [4.69, 9.17) is 0 Å². The minimum atomic E-state index is -4.53. The molecule has 1 N–H and O–H groups in total. The van der Waals surface area contributed by atoms with E-state index in [1.54, 1.807) is 16.9 Å². The van der Waals surface area contributed by atoms with Gasteiger partial charge in [0.1, 0.15) is 6.54 Å². The van der Waals surface area contributed by atoms with E-state index in [0.717, 1.165) is 34.7 Å². The van der Waals surface area contributed by atoms with Gasteiger partial charge in [0.25, 0.3) is 0 Å². The van der Waals surface area contributed by atoms with Gasteiger partial charge in [0.2, 0.25) is 5.91 Å². The Kier molecular flexibility index (Phi) is 4.89. The molecule has 1 aliphatic rings. The zero-order valence-electron chi connectivity index (χ0n) is 15.8. The Hall–Kier alpha value is -3.10. The van der Waals surface area contributed by atoms with Gasteiger partial charge < -0.3 is 5.32 Å². The first kappa shape index (κ1) is 19.2. The number of aromatic nitrogens is 4. The molecule has 1 saturated carbocycles. The maximum absolute atomic E-state index is 13.0. The van der Waals surface area contributed by atoms with Crippen LogP contribution < -0.4 is 5.32 Å². The third-order valence-corrected chi connectivity index (χ3v) is 4.73. The van der Waals surface area contributed by atoms with Crippen LogP contribution >= 0.6 is 0 Å². The summed E-state index contributed by atoms with van der Waals surface area (Å²) in [6, 6.07) is 10.7. The average Bonchev–Trinajstić information content (AvgIpc) is 3.24. The van der Waals surface area contributed by atoms with Crippen molar-refractivity contribution in [2.24, 2.45) is 0 Å². The van der Waals surface area contributed by atoms with E-state index in [2.05, 4.69) is 21.6 Å². The predicted octanol–water partition coefficient (Wildman–Crippen LogP) is 3.97. The van der Waals surface area contributed by atoms with Crippen molar-refractivity contribution in [1.82, 2.24) is 19.6 Å². The molecule has 1 aromatic carbocycles. The molecule has 3 aromatic rings. The summed E-state index contributed by atoms with van der Waals surface area (Å²) in [5.41, 5.74) is 1.72. The Morgan fingerprint density at radius 2 is 2.00 bits per heavy atom. The summed E-state index contributed by atoms with van der Waals surface area (Å²) in [5, 5.41) is 10.5. The summed E-state index contributed by atoms with van der Waals surface area (Å²) in [6.45, 7) is 2.28. The lowest BCUT2D eigenvalue weighted by atomic mass is 10.1. The van der Waals surface area contributed by atoms with Gasteiger partial charge in [-0.05, 0) is 31.4 Å². The van der Waals surface area contributed by atoms with Crippen molar-refractivity contribution >= 4 is 11.7 Å². The standard InChI is InChI=1S/C20H20F3N5O/c1-13-3-2-4-14(9-13)11-27-8-7-18(26-27)24-19(29)12-28-16(15-5-6-15)10-17(25-28)20(21,22)23/h2-4,7-10,15H,5-6,11-12H2,1H3,(H,24,26,29). The molecule has 6 nitrogen and oxygen atoms in total. The van der Waals surface area contributed by atoms with E-state index in [1.807, 2.05) is 25.1 Å². The number of anilines is 1. The summed E-state index contributed by atoms with van der Waals surface area (Å²) in [4.78, 5) is 12.3. The van der Waals surface area contributed by atoms with Crippen molar-refractivity contribution in [2.75, 3.05) is 5.32 Å². The molecule has 1 fully saturated rings. The molecule has 29 heavy (non-hydrogen) atoms. The number of benzene rings is 1. The number of nitrogens with one attached hydrogen (secondary N) is 1. The minimum Gasteiger partial charge on any atom is -0.308 e. The number of alkyl halides is 3. The predicted molar refractivity (Wildman–Crippen MR) is 100 cm³/mol. The molecule has 9 heteroatoms. The SMILES string of the molecule is Cc1cccc(Cn2ccc(NC(=O)Cn3nc(C(F)(F)F)cc3C3CC3)n2)c1. The molecule has 2 heterocycles. The molecular formula is C20H20F3N5O. The van der Waals surface area contributed by atoms with Gasteiger partial charge in [0.05, 0.1) is 6.54 Å². The maximum Gasteiger partial charge on any atom is 0.435 e. The van der Waals surface area contributed by atoms with Gasteiger partial charge in [-0.2, -0.15) is 23.4 Å². The third-order valence-electron chi connectivity index (χ3n) is 4.73. The fourth-order valence-electron chi connectivity index (χ4n) is 3.24. The van der Waals surface area contributed by atoms with Crippen molar-refractivity contribution in [1.29, 1.82) is 0 Å². The van der Waals surface area contributed by atoms with Crippen molar-refractivity contribution in [2.45, 2.75) is 44.9 Å². The Labute approximate surface area is 165 Å². The number of nitrogens with zero attached hydrogens (tertiary/aromatic N) is 4. The quantitative estimate of drug-likeness (QED) is 0.677. The van der Waals surface area contributed by atoms with Gasteiger partial charge in [0, 0.05) is 23.9 Å². The number of halogens is 3. The highest BCUT2D eigenvalue weighted by Gasteiger charge is 2.38. The highest BCUT2D eigenvalue weighted by atomic mass is 19.4. The number of aryl methyl sites for hydroxylation is 1. The topological polar surface area (TPSA) is 64.7 Å². The van der Waals surface area contributed by atoms with E-state index in [-0.39, 0.29) is 12.5 Å². The zero-order valence-corrected chi connectivity index (χ0v) is 15.8. The normalized spacial score (nSPS) is 14.2. The second kappa shape index (κ2) is 7.38. The number of amides is 1. The fraction of sp³-hybridized carbons (Fsp3) is 0.350. The number of hydrogen-bond acceptors (Lipinski definition) is 3. The molecular weight excluding hydrogens is 383 g/mol. The summed E-state index contributed by atoms with van der Waals surface area (Å²) < 4.78 is 41.7. The van der Waals surface area contributed by atoms with Crippen LogP contribution in [0, 0.1) is 6.92 Å². The van der Waals surface area contributed by atoms with E-state index in [0.29, 0.717) is 18.1 Å². The zero-order chi connectivity index (χ0) is 20.6. The van der Waals surface area contributed by atoms with Gasteiger partial charge in [-0.3, -0.25) is 14.2 Å². The molecule has 1 amide bonds. The fourth-order valence-corrected chi connectivity index (χ4v) is 3.24. The van der Waals surface area contributed by atoms with Crippen LogP contribution in [0.1, 0.15) is 41.3 Å². The Balaban J connectivity index is 1.42. The molecule has 2 aromatic heterocycles. The summed E-state index contributed by atoms with van der Waals surface area (Å²) in [5.74, 6) is -0.0803. The molecule has 0 aliphatic heterocycles. The monoisotopic (exact) mass is 403 g/mol. The minimum absolute atomic E-state index is 0.0416. The summed E-state index contributed by atoms with van der Waals surface area (Å²) in [7, 11) is 0. The van der Waals surface area contributed by atoms with Crippen LogP contribution in [0.5, 0.6) is 0 Å². The van der Waals surface area contributed by atoms with Crippen LogP contribution in [-0.2, 0) is 24.1 Å². The first-order valence-corrected chi connectivity index (χ1v) is 9.32. The van der Waals surface area contributed by atoms with Crippen LogP contribution in [0.4, 0.5) is 19.0 Å². The summed E-state index contributed by atoms with van der Waals surface area (Å²) >= 11 is 0. The van der Waals surface area contributed by atoms with Crippen molar-refractivity contribution < 1.29 is 18.0 Å². The largest absolute Gasteiger partial charge is 0.435 e. The van der Waals surface area contributed by atoms with E-state index in [9.17, 15) is 18.0 Å². The van der Waals surface area contributed by atoms with Crippen LogP contribution in [0.25, 0.3) is 0 Å². The van der Waals surface area contributed by atoms with Crippen molar-refractivity contribution in [3.8, 4) is 0 Å². The molecule has 0 atom stereocenters.